The van der Waals surface area contributed by atoms with Gasteiger partial charge in [-0.3, -0.25) is 14.4 Å². The summed E-state index contributed by atoms with van der Waals surface area (Å²) in [6.45, 7) is 15.7. The lowest BCUT2D eigenvalue weighted by Crippen LogP contribution is -2.69. The number of carbonyl (C=O) groups is 5. The van der Waals surface area contributed by atoms with Gasteiger partial charge in [-0.2, -0.15) is 5.06 Å². The van der Waals surface area contributed by atoms with E-state index in [4.69, 9.17) is 14.0 Å². The van der Waals surface area contributed by atoms with Crippen molar-refractivity contribution in [2.75, 3.05) is 7.11 Å². The number of hydroxylamine groups is 2. The maximum absolute atomic E-state index is 13.8. The van der Waals surface area contributed by atoms with Crippen LogP contribution in [0.2, 0.25) is 18.1 Å². The highest BCUT2D eigenvalue weighted by Gasteiger charge is 2.59. The van der Waals surface area contributed by atoms with Crippen LogP contribution in [0.4, 0.5) is 0 Å². The Bertz CT molecular complexity index is 1170. The molecule has 0 saturated carbocycles. The fourth-order valence-electron chi connectivity index (χ4n) is 4.81. The van der Waals surface area contributed by atoms with Gasteiger partial charge < -0.3 is 14.0 Å². The van der Waals surface area contributed by atoms with E-state index in [1.54, 1.807) is 19.1 Å². The van der Waals surface area contributed by atoms with Crippen molar-refractivity contribution in [2.45, 2.75) is 77.2 Å². The Morgan fingerprint density at radius 2 is 1.87 bits per heavy atom. The number of hydrogen-bond acceptors (Lipinski definition) is 8. The molecule has 0 unspecified atom stereocenters. The van der Waals surface area contributed by atoms with Gasteiger partial charge in [-0.25, -0.2) is 9.59 Å². The number of rotatable bonds is 9. The highest BCUT2D eigenvalue weighted by atomic mass is 28.4. The predicted molar refractivity (Wildman–Crippen MR) is 142 cm³/mol. The average molecular weight is 544 g/mol. The molecule has 1 fully saturated rings. The van der Waals surface area contributed by atoms with Crippen LogP contribution in [0.15, 0.2) is 30.9 Å². The number of ketones is 2. The van der Waals surface area contributed by atoms with Crippen molar-refractivity contribution in [3.8, 4) is 0 Å². The summed E-state index contributed by atoms with van der Waals surface area (Å²) in [5.74, 6) is -4.83. The molecule has 1 saturated heterocycles. The maximum Gasteiger partial charge on any atom is 0.399 e. The molecule has 1 aliphatic heterocycles. The fourth-order valence-corrected chi connectivity index (χ4v) is 6.24. The molecule has 4 atom stereocenters. The normalized spacial score (nSPS) is 22.2. The van der Waals surface area contributed by atoms with Gasteiger partial charge in [0.2, 0.25) is 5.78 Å². The van der Waals surface area contributed by atoms with E-state index in [9.17, 15) is 24.0 Å². The Kier molecular flexibility index (Phi) is 8.47. The third kappa shape index (κ3) is 5.51. The van der Waals surface area contributed by atoms with Crippen LogP contribution in [0.25, 0.3) is 0 Å². The summed E-state index contributed by atoms with van der Waals surface area (Å²) in [7, 11) is -1.02. The minimum atomic E-state index is -2.28. The first-order chi connectivity index (χ1) is 17.6. The van der Waals surface area contributed by atoms with E-state index in [2.05, 4.69) is 40.4 Å². The average Bonchev–Trinajstić information content (AvgIpc) is 2.84. The smallest absolute Gasteiger partial charge is 0.399 e. The molecule has 0 spiro atoms. The number of aryl methyl sites for hydroxylation is 1. The van der Waals surface area contributed by atoms with Gasteiger partial charge in [0, 0.05) is 17.9 Å². The number of hydrogen-bond donors (Lipinski definition) is 0. The molecule has 2 aliphatic rings. The summed E-state index contributed by atoms with van der Waals surface area (Å²) in [4.78, 5) is 68.9. The van der Waals surface area contributed by atoms with Gasteiger partial charge in [-0.1, -0.05) is 32.9 Å². The van der Waals surface area contributed by atoms with Gasteiger partial charge in [-0.05, 0) is 55.6 Å². The number of fused-ring (bicyclic) bond motifs is 1. The zero-order chi connectivity index (χ0) is 28.6. The van der Waals surface area contributed by atoms with E-state index in [0.29, 0.717) is 18.4 Å². The molecule has 1 aromatic carbocycles. The Morgan fingerprint density at radius 1 is 1.21 bits per heavy atom. The molecular formula is C28H37NO8Si. The van der Waals surface area contributed by atoms with Crippen molar-refractivity contribution in [2.24, 2.45) is 11.8 Å². The second-order valence-electron chi connectivity index (χ2n) is 11.4. The standard InChI is InChI=1S/C28H37NO8Si/c1-9-10-21(30)27(34)36-29-23(22(25(29)32)16(2)37-38(7,8)28(3,4)5)19-14-13-17-11-12-18(26(33)35-6)15-20(17)24(19)31/h9,11-12,15-16,19,22-23H,1,10,13-14H2,2-8H3/t16-,19-,22-,23-/m1/s1. The number of Topliss-reactive ketones (excluding diaryl/α,β-unsaturated/α-hetero) is 2. The topological polar surface area (TPSA) is 116 Å². The van der Waals surface area contributed by atoms with Crippen molar-refractivity contribution < 1.29 is 38.0 Å². The van der Waals surface area contributed by atoms with Crippen molar-refractivity contribution >= 4 is 37.7 Å². The minimum Gasteiger partial charge on any atom is -0.465 e. The number of benzene rings is 1. The van der Waals surface area contributed by atoms with Gasteiger partial charge in [0.15, 0.2) is 14.1 Å². The maximum atomic E-state index is 13.8. The van der Waals surface area contributed by atoms with E-state index in [1.165, 1.54) is 19.3 Å². The first kappa shape index (κ1) is 29.4. The number of ether oxygens (including phenoxy) is 1. The summed E-state index contributed by atoms with van der Waals surface area (Å²) in [5.41, 5.74) is 1.40. The quantitative estimate of drug-likeness (QED) is 0.151. The van der Waals surface area contributed by atoms with Gasteiger partial charge in [0.1, 0.15) is 0 Å². The first-order valence-corrected chi connectivity index (χ1v) is 15.7. The number of β-lactam (4-membered cyclic amide) rings is 1. The number of nitrogens with zero attached hydrogens (tertiary/aromatic N) is 1. The third-order valence-electron chi connectivity index (χ3n) is 7.94. The molecular weight excluding hydrogens is 506 g/mol. The second kappa shape index (κ2) is 10.9. The number of amides is 1. The highest BCUT2D eigenvalue weighted by molar-refractivity contribution is 6.74. The van der Waals surface area contributed by atoms with Crippen LogP contribution in [-0.2, 0) is 34.8 Å². The van der Waals surface area contributed by atoms with Crippen LogP contribution < -0.4 is 0 Å². The molecule has 38 heavy (non-hydrogen) atoms. The number of allylic oxidation sites excluding steroid dienone is 1. The van der Waals surface area contributed by atoms with Crippen LogP contribution in [0.1, 0.15) is 66.8 Å². The molecule has 1 heterocycles. The summed E-state index contributed by atoms with van der Waals surface area (Å²) < 4.78 is 11.3. The van der Waals surface area contributed by atoms with E-state index < -0.39 is 55.9 Å². The first-order valence-electron chi connectivity index (χ1n) is 12.8. The molecule has 3 rings (SSSR count). The highest BCUT2D eigenvalue weighted by Crippen LogP contribution is 2.44. The lowest BCUT2D eigenvalue weighted by atomic mass is 9.70. The molecule has 1 amide bonds. The van der Waals surface area contributed by atoms with Crippen molar-refractivity contribution in [3.63, 3.8) is 0 Å². The lowest BCUT2D eigenvalue weighted by Gasteiger charge is -2.52. The monoisotopic (exact) mass is 543 g/mol. The van der Waals surface area contributed by atoms with Crippen molar-refractivity contribution in [1.82, 2.24) is 5.06 Å². The SMILES string of the molecule is C=CCC(=O)C(=O)ON1C(=O)[C@H]([C@@H](C)O[Si](C)(C)C(C)(C)C)[C@H]1[C@H]1CCc2ccc(C(=O)OC)cc2C1=O. The lowest BCUT2D eigenvalue weighted by molar-refractivity contribution is -0.248. The summed E-state index contributed by atoms with van der Waals surface area (Å²) >= 11 is 0. The predicted octanol–water partition coefficient (Wildman–Crippen LogP) is 4.06. The van der Waals surface area contributed by atoms with Crippen LogP contribution in [-0.4, -0.2) is 62.0 Å². The van der Waals surface area contributed by atoms with Gasteiger partial charge in [0.25, 0.3) is 5.91 Å². The van der Waals surface area contributed by atoms with E-state index in [-0.39, 0.29) is 22.8 Å². The molecule has 0 bridgehead atoms. The number of carbonyl (C=O) groups excluding carboxylic acids is 5. The Labute approximate surface area is 224 Å². The molecule has 0 aromatic heterocycles. The molecule has 1 aromatic rings. The molecule has 10 heteroatoms. The fraction of sp³-hybridized carbons (Fsp3) is 0.536. The van der Waals surface area contributed by atoms with E-state index in [1.807, 2.05) is 0 Å². The van der Waals surface area contributed by atoms with Crippen LogP contribution in [0.3, 0.4) is 0 Å². The minimum absolute atomic E-state index is 0.114. The third-order valence-corrected chi connectivity index (χ3v) is 12.5. The Hall–Kier alpha value is -3.11. The summed E-state index contributed by atoms with van der Waals surface area (Å²) in [5, 5.41) is 0.758. The van der Waals surface area contributed by atoms with Gasteiger partial charge in [-0.15, -0.1) is 6.58 Å². The number of esters is 1. The Balaban J connectivity index is 1.96. The van der Waals surface area contributed by atoms with Crippen LogP contribution >= 0.6 is 0 Å². The second-order valence-corrected chi connectivity index (χ2v) is 16.2. The van der Waals surface area contributed by atoms with E-state index >= 15 is 0 Å². The van der Waals surface area contributed by atoms with E-state index in [0.717, 1.165) is 10.6 Å². The molecule has 206 valence electrons. The number of methoxy groups -OCH3 is 1. The van der Waals surface area contributed by atoms with Crippen molar-refractivity contribution in [3.05, 3.63) is 47.5 Å². The van der Waals surface area contributed by atoms with Gasteiger partial charge in [0.05, 0.1) is 30.7 Å². The molecule has 9 nitrogen and oxygen atoms in total. The summed E-state index contributed by atoms with van der Waals surface area (Å²) in [6.07, 6.45) is 1.42. The zero-order valence-electron chi connectivity index (χ0n) is 23.2. The largest absolute Gasteiger partial charge is 0.465 e. The van der Waals surface area contributed by atoms with Crippen LogP contribution in [0, 0.1) is 11.8 Å². The molecule has 0 N–H and O–H groups in total. The Morgan fingerprint density at radius 3 is 2.45 bits per heavy atom. The van der Waals surface area contributed by atoms with Crippen LogP contribution in [0.5, 0.6) is 0 Å². The molecule has 1 aliphatic carbocycles. The zero-order valence-corrected chi connectivity index (χ0v) is 24.2. The van der Waals surface area contributed by atoms with Gasteiger partial charge >= 0.3 is 11.9 Å². The summed E-state index contributed by atoms with van der Waals surface area (Å²) in [6, 6.07) is 4.03. The molecule has 0 radical (unpaired) electrons. The van der Waals surface area contributed by atoms with Crippen molar-refractivity contribution in [1.29, 1.82) is 0 Å².